The third-order valence-corrected chi connectivity index (χ3v) is 4.51. The van der Waals surface area contributed by atoms with E-state index in [9.17, 15) is 18.4 Å². The van der Waals surface area contributed by atoms with Crippen molar-refractivity contribution < 1.29 is 27.8 Å². The second-order valence-electron chi connectivity index (χ2n) is 5.55. The molecule has 0 spiro atoms. The van der Waals surface area contributed by atoms with Crippen molar-refractivity contribution in [2.75, 3.05) is 17.7 Å². The van der Waals surface area contributed by atoms with E-state index in [-0.39, 0.29) is 28.1 Å². The molecular formula is C18H15F2N3O4S. The van der Waals surface area contributed by atoms with Gasteiger partial charge in [-0.1, -0.05) is 17.4 Å². The van der Waals surface area contributed by atoms with E-state index in [0.717, 1.165) is 4.70 Å². The standard InChI is InChI=1S/C18H15F2N3O4S/c1-9(24)21-10-6-7-12-14(8-10)28-18(22-12)23-16(25)11-4-3-5-13(26-2)15(11)27-17(19)20/h3-8,17H,1-2H3,(H,21,24)(H,22,23,25). The topological polar surface area (TPSA) is 89.5 Å². The van der Waals surface area contributed by atoms with E-state index < -0.39 is 12.5 Å². The Morgan fingerprint density at radius 2 is 1.96 bits per heavy atom. The fourth-order valence-corrected chi connectivity index (χ4v) is 3.39. The summed E-state index contributed by atoms with van der Waals surface area (Å²) >= 11 is 1.18. The van der Waals surface area contributed by atoms with Crippen molar-refractivity contribution in [2.45, 2.75) is 13.5 Å². The maximum absolute atomic E-state index is 12.7. The highest BCUT2D eigenvalue weighted by atomic mass is 32.1. The van der Waals surface area contributed by atoms with E-state index in [0.29, 0.717) is 11.2 Å². The Morgan fingerprint density at radius 3 is 2.64 bits per heavy atom. The number of hydrogen-bond donors (Lipinski definition) is 2. The summed E-state index contributed by atoms with van der Waals surface area (Å²) in [7, 11) is 1.29. The number of hydrogen-bond acceptors (Lipinski definition) is 6. The number of nitrogens with zero attached hydrogens (tertiary/aromatic N) is 1. The number of para-hydroxylation sites is 1. The van der Waals surface area contributed by atoms with Gasteiger partial charge >= 0.3 is 6.61 Å². The zero-order valence-electron chi connectivity index (χ0n) is 14.8. The second kappa shape index (κ2) is 8.17. The van der Waals surface area contributed by atoms with Crippen LogP contribution < -0.4 is 20.1 Å². The van der Waals surface area contributed by atoms with Crippen molar-refractivity contribution in [3.63, 3.8) is 0 Å². The summed E-state index contributed by atoms with van der Waals surface area (Å²) in [4.78, 5) is 28.0. The molecule has 3 rings (SSSR count). The van der Waals surface area contributed by atoms with Gasteiger partial charge in [0, 0.05) is 12.6 Å². The molecule has 28 heavy (non-hydrogen) atoms. The largest absolute Gasteiger partial charge is 0.493 e. The molecule has 0 aliphatic carbocycles. The Labute approximate surface area is 162 Å². The van der Waals surface area contributed by atoms with Crippen LogP contribution in [0.4, 0.5) is 19.6 Å². The molecule has 0 bridgehead atoms. The fraction of sp³-hybridized carbons (Fsp3) is 0.167. The number of aromatic nitrogens is 1. The maximum Gasteiger partial charge on any atom is 0.387 e. The number of carbonyl (C=O) groups is 2. The minimum atomic E-state index is -3.11. The highest BCUT2D eigenvalue weighted by Crippen LogP contribution is 2.34. The predicted molar refractivity (Wildman–Crippen MR) is 102 cm³/mol. The number of methoxy groups -OCH3 is 1. The monoisotopic (exact) mass is 407 g/mol. The molecule has 7 nitrogen and oxygen atoms in total. The molecule has 0 atom stereocenters. The highest BCUT2D eigenvalue weighted by molar-refractivity contribution is 7.22. The van der Waals surface area contributed by atoms with Gasteiger partial charge in [0.1, 0.15) is 0 Å². The van der Waals surface area contributed by atoms with Crippen LogP contribution in [0.25, 0.3) is 10.2 Å². The van der Waals surface area contributed by atoms with Gasteiger partial charge < -0.3 is 14.8 Å². The first-order valence-corrected chi connectivity index (χ1v) is 8.80. The molecule has 2 aromatic carbocycles. The number of benzene rings is 2. The summed E-state index contributed by atoms with van der Waals surface area (Å²) in [6, 6.07) is 9.36. The van der Waals surface area contributed by atoms with Gasteiger partial charge in [-0.3, -0.25) is 14.9 Å². The zero-order chi connectivity index (χ0) is 20.3. The summed E-state index contributed by atoms with van der Waals surface area (Å²) in [6.07, 6.45) is 0. The van der Waals surface area contributed by atoms with Crippen LogP contribution in [0.5, 0.6) is 11.5 Å². The van der Waals surface area contributed by atoms with Gasteiger partial charge in [-0.2, -0.15) is 8.78 Å². The minimum Gasteiger partial charge on any atom is -0.493 e. The van der Waals surface area contributed by atoms with Gasteiger partial charge in [-0.15, -0.1) is 0 Å². The molecule has 0 aliphatic heterocycles. The smallest absolute Gasteiger partial charge is 0.387 e. The average molecular weight is 407 g/mol. The zero-order valence-corrected chi connectivity index (χ0v) is 15.6. The molecule has 2 amide bonds. The Morgan fingerprint density at radius 1 is 1.18 bits per heavy atom. The van der Waals surface area contributed by atoms with Crippen LogP contribution in [0.15, 0.2) is 36.4 Å². The van der Waals surface area contributed by atoms with Crippen LogP contribution in [0.1, 0.15) is 17.3 Å². The highest BCUT2D eigenvalue weighted by Gasteiger charge is 2.21. The Balaban J connectivity index is 1.87. The van der Waals surface area contributed by atoms with Crippen LogP contribution in [-0.2, 0) is 4.79 Å². The lowest BCUT2D eigenvalue weighted by Gasteiger charge is -2.13. The van der Waals surface area contributed by atoms with Crippen molar-refractivity contribution in [2.24, 2.45) is 0 Å². The molecule has 0 aliphatic rings. The molecule has 0 saturated carbocycles. The third-order valence-electron chi connectivity index (χ3n) is 3.58. The van der Waals surface area contributed by atoms with Gasteiger partial charge in [0.15, 0.2) is 16.6 Å². The van der Waals surface area contributed by atoms with Crippen LogP contribution in [0.3, 0.4) is 0 Å². The number of rotatable bonds is 6. The Bertz CT molecular complexity index is 1040. The predicted octanol–water partition coefficient (Wildman–Crippen LogP) is 4.12. The molecule has 1 aromatic heterocycles. The van der Waals surface area contributed by atoms with Gasteiger partial charge in [0.25, 0.3) is 5.91 Å². The molecule has 10 heteroatoms. The summed E-state index contributed by atoms with van der Waals surface area (Å²) < 4.78 is 35.6. The van der Waals surface area contributed by atoms with Crippen LogP contribution >= 0.6 is 11.3 Å². The van der Waals surface area contributed by atoms with Crippen LogP contribution in [-0.4, -0.2) is 30.5 Å². The summed E-state index contributed by atoms with van der Waals surface area (Å²) in [6.45, 7) is -1.71. The van der Waals surface area contributed by atoms with E-state index in [1.54, 1.807) is 18.2 Å². The molecule has 0 radical (unpaired) electrons. The van der Waals surface area contributed by atoms with Crippen molar-refractivity contribution in [1.29, 1.82) is 0 Å². The van der Waals surface area contributed by atoms with E-state index >= 15 is 0 Å². The molecule has 0 saturated heterocycles. The van der Waals surface area contributed by atoms with E-state index in [4.69, 9.17) is 4.74 Å². The SMILES string of the molecule is COc1cccc(C(=O)Nc2nc3ccc(NC(C)=O)cc3s2)c1OC(F)F. The number of anilines is 2. The number of amides is 2. The lowest BCUT2D eigenvalue weighted by atomic mass is 10.1. The van der Waals surface area contributed by atoms with Gasteiger partial charge in [-0.05, 0) is 30.3 Å². The number of thiazole rings is 1. The average Bonchev–Trinajstić information content (AvgIpc) is 3.02. The molecule has 3 aromatic rings. The lowest BCUT2D eigenvalue weighted by Crippen LogP contribution is -2.15. The number of nitrogens with one attached hydrogen (secondary N) is 2. The molecular weight excluding hydrogens is 392 g/mol. The van der Waals surface area contributed by atoms with Gasteiger partial charge in [-0.25, -0.2) is 4.98 Å². The number of carbonyl (C=O) groups excluding carboxylic acids is 2. The molecule has 0 unspecified atom stereocenters. The van der Waals surface area contributed by atoms with Crippen molar-refractivity contribution in [1.82, 2.24) is 4.98 Å². The first kappa shape index (κ1) is 19.5. The lowest BCUT2D eigenvalue weighted by molar-refractivity contribution is -0.114. The Hall–Kier alpha value is -3.27. The van der Waals surface area contributed by atoms with Crippen LogP contribution in [0, 0.1) is 0 Å². The van der Waals surface area contributed by atoms with Gasteiger partial charge in [0.05, 0.1) is 22.9 Å². The van der Waals surface area contributed by atoms with Crippen molar-refractivity contribution in [3.05, 3.63) is 42.0 Å². The molecule has 0 fully saturated rings. The fourth-order valence-electron chi connectivity index (χ4n) is 2.49. The molecule has 1 heterocycles. The first-order valence-electron chi connectivity index (χ1n) is 7.98. The second-order valence-corrected chi connectivity index (χ2v) is 6.58. The number of ether oxygens (including phenoxy) is 2. The summed E-state index contributed by atoms with van der Waals surface area (Å²) in [5.74, 6) is -1.22. The van der Waals surface area contributed by atoms with E-state index in [1.807, 2.05) is 0 Å². The first-order chi connectivity index (χ1) is 13.4. The summed E-state index contributed by atoms with van der Waals surface area (Å²) in [5.41, 5.74) is 1.10. The Kier molecular flexibility index (Phi) is 5.69. The normalized spacial score (nSPS) is 10.8. The van der Waals surface area contributed by atoms with Crippen molar-refractivity contribution in [3.8, 4) is 11.5 Å². The van der Waals surface area contributed by atoms with Crippen molar-refractivity contribution >= 4 is 44.2 Å². The van der Waals surface area contributed by atoms with E-state index in [2.05, 4.69) is 20.4 Å². The molecule has 146 valence electrons. The third kappa shape index (κ3) is 4.34. The maximum atomic E-state index is 12.7. The van der Waals surface area contributed by atoms with Crippen LogP contribution in [0.2, 0.25) is 0 Å². The summed E-state index contributed by atoms with van der Waals surface area (Å²) in [5, 5.41) is 5.51. The van der Waals surface area contributed by atoms with Gasteiger partial charge in [0.2, 0.25) is 5.91 Å². The number of alkyl halides is 2. The molecule has 2 N–H and O–H groups in total. The number of halogens is 2. The number of fused-ring (bicyclic) bond motifs is 1. The van der Waals surface area contributed by atoms with E-state index in [1.165, 1.54) is 43.6 Å². The quantitative estimate of drug-likeness (QED) is 0.642. The minimum absolute atomic E-state index is 0.0113.